The second kappa shape index (κ2) is 1.04. The second-order valence-electron chi connectivity index (χ2n) is 3.46. The van der Waals surface area contributed by atoms with E-state index in [9.17, 15) is 0 Å². The molecule has 0 rings (SSSR count). The van der Waals surface area contributed by atoms with Gasteiger partial charge in [-0.1, -0.05) is 0 Å². The van der Waals surface area contributed by atoms with Crippen LogP contribution in [0.15, 0.2) is 0 Å². The molecule has 0 radical (unpaired) electrons. The average molecular weight is 71.0 g/mol. The summed E-state index contributed by atoms with van der Waals surface area (Å²) in [5, 5.41) is 0. The zero-order valence-electron chi connectivity index (χ0n) is 4.58. The molecule has 0 aliphatic rings. The molecule has 0 aromatic rings. The minimum Gasteiger partial charge on any atom is -0.191 e. The molecule has 0 unspecified atom stereocenters. The van der Waals surface area contributed by atoms with Crippen LogP contribution in [0.1, 0.15) is 0 Å². The van der Waals surface area contributed by atoms with E-state index < -0.39 is 0 Å². The van der Waals surface area contributed by atoms with E-state index in [1.165, 1.54) is 0 Å². The summed E-state index contributed by atoms with van der Waals surface area (Å²) in [6.07, 6.45) is 0. The van der Waals surface area contributed by atoms with Crippen molar-refractivity contribution in [3.63, 3.8) is 0 Å². The lowest BCUT2D eigenvalue weighted by Crippen LogP contribution is -2.10. The van der Waals surface area contributed by atoms with Crippen molar-refractivity contribution in [1.29, 1.82) is 0 Å². The molecular formula is C4H12B-. The molecule has 0 heterocycles. The lowest BCUT2D eigenvalue weighted by Gasteiger charge is -2.10. The molecule has 5 heavy (non-hydrogen) atoms. The van der Waals surface area contributed by atoms with E-state index in [2.05, 4.69) is 27.3 Å². The van der Waals surface area contributed by atoms with Crippen LogP contribution in [0.5, 0.6) is 0 Å². The van der Waals surface area contributed by atoms with Crippen molar-refractivity contribution in [2.24, 2.45) is 0 Å². The van der Waals surface area contributed by atoms with Gasteiger partial charge in [-0.05, 0) is 6.15 Å². The van der Waals surface area contributed by atoms with E-state index in [4.69, 9.17) is 0 Å². The molecule has 0 spiro atoms. The third-order valence-corrected chi connectivity index (χ3v) is 0. The molecule has 0 aromatic carbocycles. The van der Waals surface area contributed by atoms with Crippen molar-refractivity contribution >= 4 is 6.15 Å². The van der Waals surface area contributed by atoms with Gasteiger partial charge >= 0.3 is 0 Å². The number of hydrogen-bond donors (Lipinski definition) is 0. The highest BCUT2D eigenvalue weighted by atomic mass is 13.5. The van der Waals surface area contributed by atoms with E-state index in [1.54, 1.807) is 0 Å². The molecule has 0 N–H and O–H groups in total. The molecule has 1 heteroatoms. The molecule has 0 aromatic heterocycles. The fraction of sp³-hybridized carbons (Fsp3) is 1.00. The minimum absolute atomic E-state index is 0. The Morgan fingerprint density at radius 1 is 0.800 bits per heavy atom. The maximum atomic E-state index is 2.25. The van der Waals surface area contributed by atoms with Crippen molar-refractivity contribution in [2.75, 3.05) is 0 Å². The van der Waals surface area contributed by atoms with Crippen molar-refractivity contribution < 1.29 is 0 Å². The van der Waals surface area contributed by atoms with Gasteiger partial charge in [0.25, 0.3) is 0 Å². The minimum atomic E-state index is 0. The van der Waals surface area contributed by atoms with Crippen LogP contribution < -0.4 is 0 Å². The Kier molecular flexibility index (Phi) is 1.05. The summed E-state index contributed by atoms with van der Waals surface area (Å²) in [7, 11) is 0. The van der Waals surface area contributed by atoms with Crippen LogP contribution in [-0.2, 0) is 0 Å². The fourth-order valence-corrected chi connectivity index (χ4v) is 0. The summed E-state index contributed by atoms with van der Waals surface area (Å²) >= 11 is 0. The van der Waals surface area contributed by atoms with Crippen LogP contribution in [0, 0.1) is 0 Å². The Bertz CT molecular complexity index is 19.1. The third-order valence-electron chi connectivity index (χ3n) is 0. The van der Waals surface area contributed by atoms with Crippen LogP contribution >= 0.6 is 0 Å². The summed E-state index contributed by atoms with van der Waals surface area (Å²) in [6, 6.07) is 0. The molecule has 32 valence electrons. The predicted molar refractivity (Wildman–Crippen MR) is 29.2 cm³/mol. The summed E-state index contributed by atoms with van der Waals surface area (Å²) in [4.78, 5) is 0. The van der Waals surface area contributed by atoms with Crippen LogP contribution in [0.4, 0.5) is 0 Å². The van der Waals surface area contributed by atoms with Gasteiger partial charge in [0, 0.05) is 0 Å². The Morgan fingerprint density at radius 3 is 0.800 bits per heavy atom. The molecule has 0 amide bonds. The van der Waals surface area contributed by atoms with Crippen LogP contribution in [0.2, 0.25) is 27.3 Å². The number of hydrogen-bond acceptors (Lipinski definition) is 0. The Morgan fingerprint density at radius 2 is 0.800 bits per heavy atom. The molecule has 0 bridgehead atoms. The summed E-state index contributed by atoms with van der Waals surface area (Å²) in [6.45, 7) is 9.00. The quantitative estimate of drug-likeness (QED) is 0.383. The van der Waals surface area contributed by atoms with Gasteiger partial charge in [0.15, 0.2) is 0 Å². The maximum absolute atomic E-state index is 2.25. The molecule has 0 fully saturated rings. The van der Waals surface area contributed by atoms with Crippen molar-refractivity contribution in [2.45, 2.75) is 27.3 Å². The molecule has 0 nitrogen and oxygen atoms in total. The first-order valence-electron chi connectivity index (χ1n) is 2.31. The van der Waals surface area contributed by atoms with Gasteiger partial charge in [-0.3, -0.25) is 0 Å². The second-order valence-corrected chi connectivity index (χ2v) is 3.46. The molecule has 0 atom stereocenters. The van der Waals surface area contributed by atoms with E-state index in [0.717, 1.165) is 0 Å². The smallest absolute Gasteiger partial charge is 0.0116 e. The maximum Gasteiger partial charge on any atom is -0.0116 e. The monoisotopic (exact) mass is 71.1 g/mol. The van der Waals surface area contributed by atoms with Gasteiger partial charge in [0.05, 0.1) is 0 Å². The van der Waals surface area contributed by atoms with Gasteiger partial charge in [-0.2, -0.15) is 27.3 Å². The Hall–Kier alpha value is 0.0649. The van der Waals surface area contributed by atoms with Crippen LogP contribution in [0.3, 0.4) is 0 Å². The van der Waals surface area contributed by atoms with Crippen molar-refractivity contribution in [1.82, 2.24) is 0 Å². The molecule has 0 saturated carbocycles. The summed E-state index contributed by atoms with van der Waals surface area (Å²) in [5.74, 6) is 0. The van der Waals surface area contributed by atoms with Gasteiger partial charge < -0.3 is 0 Å². The summed E-state index contributed by atoms with van der Waals surface area (Å²) < 4.78 is 0. The predicted octanol–water partition coefficient (Wildman–Crippen LogP) is 1.95. The number of rotatable bonds is 0. The Balaban J connectivity index is 3.02. The van der Waals surface area contributed by atoms with Crippen molar-refractivity contribution in [3.05, 3.63) is 0 Å². The highest BCUT2D eigenvalue weighted by Crippen LogP contribution is 1.94. The normalized spacial score (nSPS) is 12.0. The topological polar surface area (TPSA) is 0 Å². The highest BCUT2D eigenvalue weighted by Gasteiger charge is 1.90. The lowest BCUT2D eigenvalue weighted by molar-refractivity contribution is 1.71. The van der Waals surface area contributed by atoms with E-state index in [-0.39, 0.29) is 6.15 Å². The first-order valence-corrected chi connectivity index (χ1v) is 2.31. The van der Waals surface area contributed by atoms with Gasteiger partial charge in [-0.25, -0.2) is 0 Å². The summed E-state index contributed by atoms with van der Waals surface area (Å²) in [5.41, 5.74) is 0. The lowest BCUT2D eigenvalue weighted by atomic mass is 9.32. The fourth-order valence-electron chi connectivity index (χ4n) is 0. The zero-order valence-corrected chi connectivity index (χ0v) is 4.58. The van der Waals surface area contributed by atoms with Gasteiger partial charge in [0.1, 0.15) is 0 Å². The van der Waals surface area contributed by atoms with Gasteiger partial charge in [-0.15, -0.1) is 0 Å². The zero-order chi connectivity index (χ0) is 4.50. The van der Waals surface area contributed by atoms with E-state index >= 15 is 0 Å². The Labute approximate surface area is 34.5 Å². The van der Waals surface area contributed by atoms with E-state index in [0.29, 0.717) is 0 Å². The van der Waals surface area contributed by atoms with E-state index in [1.807, 2.05) is 0 Å². The first-order chi connectivity index (χ1) is 2.00. The molecule has 0 aliphatic carbocycles. The van der Waals surface area contributed by atoms with Crippen LogP contribution in [-0.4, -0.2) is 6.15 Å². The molecule has 0 aliphatic heterocycles. The van der Waals surface area contributed by atoms with Gasteiger partial charge in [0.2, 0.25) is 0 Å². The third kappa shape index (κ3) is 4110. The average Bonchev–Trinajstić information content (AvgIpc) is 0.722. The highest BCUT2D eigenvalue weighted by molar-refractivity contribution is 6.74. The van der Waals surface area contributed by atoms with Crippen LogP contribution in [0.25, 0.3) is 0 Å². The standard InChI is InChI=1S/C4H12B/c1-5(2,3)4/h1-4H3/q-1. The largest absolute Gasteiger partial charge is 0.191 e. The first kappa shape index (κ1) is 5.06. The molecular weight excluding hydrogens is 58.9 g/mol. The molecule has 0 saturated heterocycles. The SMILES string of the molecule is C[B-](C)(C)C. The van der Waals surface area contributed by atoms with Crippen molar-refractivity contribution in [3.8, 4) is 0 Å².